The van der Waals surface area contributed by atoms with Gasteiger partial charge in [-0.1, -0.05) is 0 Å². The summed E-state index contributed by atoms with van der Waals surface area (Å²) in [7, 11) is 0. The van der Waals surface area contributed by atoms with E-state index in [2.05, 4.69) is 10.1 Å². The van der Waals surface area contributed by atoms with Crippen molar-refractivity contribution in [3.05, 3.63) is 42.0 Å². The molecule has 3 heterocycles. The van der Waals surface area contributed by atoms with Gasteiger partial charge in [-0.2, -0.15) is 5.10 Å². The molecule has 1 aliphatic carbocycles. The maximum absolute atomic E-state index is 13.5. The van der Waals surface area contributed by atoms with Crippen LogP contribution in [-0.2, 0) is 17.8 Å². The summed E-state index contributed by atoms with van der Waals surface area (Å²) in [5.74, 6) is 0.431. The van der Waals surface area contributed by atoms with Gasteiger partial charge >= 0.3 is 6.09 Å². The fourth-order valence-electron chi connectivity index (χ4n) is 3.43. The van der Waals surface area contributed by atoms with Crippen molar-refractivity contribution in [2.45, 2.75) is 52.3 Å². The number of hydrogen-bond acceptors (Lipinski definition) is 5. The van der Waals surface area contributed by atoms with Gasteiger partial charge in [-0.3, -0.25) is 14.5 Å². The van der Waals surface area contributed by atoms with Crippen LogP contribution in [0.15, 0.2) is 30.7 Å². The Hall–Kier alpha value is -2.90. The molecule has 0 unspecified atom stereocenters. The first-order valence-electron chi connectivity index (χ1n) is 10.1. The highest BCUT2D eigenvalue weighted by atomic mass is 16.6. The highest BCUT2D eigenvalue weighted by Gasteiger charge is 2.33. The number of rotatable bonds is 4. The molecule has 2 aromatic rings. The molecule has 0 saturated heterocycles. The van der Waals surface area contributed by atoms with E-state index in [0.29, 0.717) is 37.7 Å². The molecule has 1 aliphatic heterocycles. The third kappa shape index (κ3) is 4.41. The van der Waals surface area contributed by atoms with Crippen molar-refractivity contribution in [2.75, 3.05) is 18.0 Å². The number of anilines is 1. The third-order valence-corrected chi connectivity index (χ3v) is 5.09. The zero-order chi connectivity index (χ0) is 20.6. The lowest BCUT2D eigenvalue weighted by Crippen LogP contribution is -2.42. The van der Waals surface area contributed by atoms with Crippen LogP contribution in [-0.4, -0.2) is 50.4 Å². The molecule has 0 bridgehead atoms. The predicted octanol–water partition coefficient (Wildman–Crippen LogP) is 3.09. The Morgan fingerprint density at radius 2 is 2.03 bits per heavy atom. The average molecular weight is 397 g/mol. The van der Waals surface area contributed by atoms with E-state index in [1.807, 2.05) is 37.6 Å². The van der Waals surface area contributed by atoms with Gasteiger partial charge in [0.1, 0.15) is 5.60 Å². The number of amides is 2. The zero-order valence-corrected chi connectivity index (χ0v) is 17.2. The van der Waals surface area contributed by atoms with E-state index in [-0.39, 0.29) is 12.0 Å². The fraction of sp³-hybridized carbons (Fsp3) is 0.524. The second-order valence-corrected chi connectivity index (χ2v) is 8.70. The Morgan fingerprint density at radius 3 is 2.69 bits per heavy atom. The molecule has 154 valence electrons. The molecule has 2 amide bonds. The summed E-state index contributed by atoms with van der Waals surface area (Å²) < 4.78 is 7.31. The van der Waals surface area contributed by atoms with Crippen LogP contribution in [0.5, 0.6) is 0 Å². The number of carbonyl (C=O) groups is 2. The van der Waals surface area contributed by atoms with Gasteiger partial charge in [0.2, 0.25) is 0 Å². The highest BCUT2D eigenvalue weighted by Crippen LogP contribution is 2.32. The van der Waals surface area contributed by atoms with E-state index in [9.17, 15) is 9.59 Å². The van der Waals surface area contributed by atoms with Gasteiger partial charge in [0.05, 0.1) is 42.4 Å². The minimum Gasteiger partial charge on any atom is -0.444 e. The maximum Gasteiger partial charge on any atom is 0.410 e. The van der Waals surface area contributed by atoms with Gasteiger partial charge in [0.15, 0.2) is 0 Å². The van der Waals surface area contributed by atoms with Crippen LogP contribution in [0.4, 0.5) is 10.5 Å². The quantitative estimate of drug-likeness (QED) is 0.792. The van der Waals surface area contributed by atoms with E-state index in [1.165, 1.54) is 0 Å². The largest absolute Gasteiger partial charge is 0.444 e. The van der Waals surface area contributed by atoms with Crippen LogP contribution in [0.1, 0.15) is 49.7 Å². The molecule has 8 heteroatoms. The van der Waals surface area contributed by atoms with Crippen LogP contribution in [0.3, 0.4) is 0 Å². The molecule has 0 aromatic carbocycles. The number of pyridine rings is 1. The first-order chi connectivity index (χ1) is 13.8. The Bertz CT molecular complexity index is 899. The van der Waals surface area contributed by atoms with Crippen LogP contribution in [0, 0.1) is 5.92 Å². The summed E-state index contributed by atoms with van der Waals surface area (Å²) in [6.45, 7) is 7.56. The van der Waals surface area contributed by atoms with Crippen molar-refractivity contribution in [2.24, 2.45) is 5.92 Å². The zero-order valence-electron chi connectivity index (χ0n) is 17.2. The summed E-state index contributed by atoms with van der Waals surface area (Å²) in [4.78, 5) is 33.6. The molecule has 8 nitrogen and oxygen atoms in total. The average Bonchev–Trinajstić information content (AvgIpc) is 3.41. The van der Waals surface area contributed by atoms with Crippen molar-refractivity contribution in [3.8, 4) is 0 Å². The normalized spacial score (nSPS) is 16.3. The third-order valence-electron chi connectivity index (χ3n) is 5.09. The monoisotopic (exact) mass is 397 g/mol. The van der Waals surface area contributed by atoms with Gasteiger partial charge in [0.25, 0.3) is 5.91 Å². The van der Waals surface area contributed by atoms with Crippen LogP contribution in [0.25, 0.3) is 0 Å². The molecule has 0 spiro atoms. The highest BCUT2D eigenvalue weighted by molar-refractivity contribution is 6.06. The Balaban J connectivity index is 1.57. The van der Waals surface area contributed by atoms with Gasteiger partial charge in [-0.05, 0) is 51.7 Å². The number of fused-ring (bicyclic) bond motifs is 1. The molecule has 0 radical (unpaired) electrons. The summed E-state index contributed by atoms with van der Waals surface area (Å²) in [6.07, 6.45) is 6.94. The molecule has 0 N–H and O–H groups in total. The van der Waals surface area contributed by atoms with Crippen molar-refractivity contribution >= 4 is 17.7 Å². The van der Waals surface area contributed by atoms with Crippen molar-refractivity contribution < 1.29 is 14.3 Å². The fourth-order valence-corrected chi connectivity index (χ4v) is 3.43. The van der Waals surface area contributed by atoms with E-state index in [1.54, 1.807) is 28.4 Å². The number of aromatic nitrogens is 3. The summed E-state index contributed by atoms with van der Waals surface area (Å²) in [5, 5.41) is 4.39. The predicted molar refractivity (Wildman–Crippen MR) is 108 cm³/mol. The van der Waals surface area contributed by atoms with E-state index >= 15 is 0 Å². The second kappa shape index (κ2) is 7.50. The number of ether oxygens (including phenoxy) is 1. The van der Waals surface area contributed by atoms with E-state index in [4.69, 9.17) is 4.74 Å². The van der Waals surface area contributed by atoms with Crippen LogP contribution >= 0.6 is 0 Å². The molecule has 2 aliphatic rings. The van der Waals surface area contributed by atoms with E-state index in [0.717, 1.165) is 24.2 Å². The standard InChI is InChI=1S/C21H27N5O3/c1-21(2,3)29-20(28)24-9-10-26-18(14-24)17(12-23-26)19(27)25(13-15-6-7-15)16-5-4-8-22-11-16/h4-5,8,11-12,15H,6-7,9-10,13-14H2,1-3H3. The molecule has 1 fully saturated rings. The first-order valence-corrected chi connectivity index (χ1v) is 10.1. The Morgan fingerprint density at radius 1 is 1.24 bits per heavy atom. The number of hydrogen-bond donors (Lipinski definition) is 0. The summed E-state index contributed by atoms with van der Waals surface area (Å²) in [5.41, 5.74) is 1.50. The second-order valence-electron chi connectivity index (χ2n) is 8.70. The summed E-state index contributed by atoms with van der Waals surface area (Å²) >= 11 is 0. The minimum atomic E-state index is -0.561. The van der Waals surface area contributed by atoms with Gasteiger partial charge in [-0.15, -0.1) is 0 Å². The molecular formula is C21H27N5O3. The molecule has 2 aromatic heterocycles. The van der Waals surface area contributed by atoms with Gasteiger partial charge in [0, 0.05) is 19.3 Å². The molecule has 0 atom stereocenters. The van der Waals surface area contributed by atoms with Crippen LogP contribution in [0.2, 0.25) is 0 Å². The van der Waals surface area contributed by atoms with Gasteiger partial charge < -0.3 is 14.5 Å². The van der Waals surface area contributed by atoms with Crippen LogP contribution < -0.4 is 4.90 Å². The van der Waals surface area contributed by atoms with Crippen molar-refractivity contribution in [3.63, 3.8) is 0 Å². The maximum atomic E-state index is 13.5. The van der Waals surface area contributed by atoms with Gasteiger partial charge in [-0.25, -0.2) is 4.79 Å². The first kappa shape index (κ1) is 19.4. The minimum absolute atomic E-state index is 0.0998. The lowest BCUT2D eigenvalue weighted by molar-refractivity contribution is 0.0193. The van der Waals surface area contributed by atoms with Crippen molar-refractivity contribution in [1.29, 1.82) is 0 Å². The number of nitrogens with zero attached hydrogens (tertiary/aromatic N) is 5. The van der Waals surface area contributed by atoms with Crippen molar-refractivity contribution in [1.82, 2.24) is 19.7 Å². The molecular weight excluding hydrogens is 370 g/mol. The lowest BCUT2D eigenvalue weighted by Gasteiger charge is -2.31. The molecule has 4 rings (SSSR count). The molecule has 29 heavy (non-hydrogen) atoms. The number of carbonyl (C=O) groups excluding carboxylic acids is 2. The smallest absolute Gasteiger partial charge is 0.410 e. The Labute approximate surface area is 170 Å². The lowest BCUT2D eigenvalue weighted by atomic mass is 10.1. The Kier molecular flexibility index (Phi) is 5.02. The summed E-state index contributed by atoms with van der Waals surface area (Å²) in [6, 6.07) is 3.73. The molecule has 1 saturated carbocycles. The van der Waals surface area contributed by atoms with E-state index < -0.39 is 5.60 Å². The SMILES string of the molecule is CC(C)(C)OC(=O)N1CCn2ncc(C(=O)N(CC3CC3)c3cccnc3)c2C1. The topological polar surface area (TPSA) is 80.6 Å².